The van der Waals surface area contributed by atoms with Crippen LogP contribution in [-0.2, 0) is 6.54 Å². The first-order chi connectivity index (χ1) is 9.22. The second-order valence-electron chi connectivity index (χ2n) is 4.18. The molecule has 0 atom stereocenters. The Balaban J connectivity index is 1.91. The van der Waals surface area contributed by atoms with E-state index in [-0.39, 0.29) is 5.95 Å². The van der Waals surface area contributed by atoms with Gasteiger partial charge in [-0.25, -0.2) is 9.97 Å². The van der Waals surface area contributed by atoms with E-state index >= 15 is 0 Å². The van der Waals surface area contributed by atoms with Crippen molar-refractivity contribution in [3.63, 3.8) is 0 Å². The Bertz CT molecular complexity index is 722. The Morgan fingerprint density at radius 3 is 2.84 bits per heavy atom. The molecule has 0 saturated heterocycles. The van der Waals surface area contributed by atoms with Crippen LogP contribution in [0.3, 0.4) is 0 Å². The highest BCUT2D eigenvalue weighted by atomic mass is 32.1. The van der Waals surface area contributed by atoms with Crippen molar-refractivity contribution in [3.05, 3.63) is 40.3 Å². The highest BCUT2D eigenvalue weighted by Gasteiger charge is 2.06. The van der Waals surface area contributed by atoms with E-state index in [4.69, 9.17) is 5.73 Å². The number of hydrogen-bond donors (Lipinski definition) is 2. The maximum Gasteiger partial charge on any atom is 0.222 e. The first-order valence-electron chi connectivity index (χ1n) is 5.89. The van der Waals surface area contributed by atoms with E-state index in [2.05, 4.69) is 20.3 Å². The lowest BCUT2D eigenvalue weighted by Gasteiger charge is -2.07. The average Bonchev–Trinajstić information content (AvgIpc) is 2.81. The fourth-order valence-corrected chi connectivity index (χ4v) is 2.58. The predicted molar refractivity (Wildman–Crippen MR) is 78.1 cm³/mol. The molecule has 0 aliphatic heterocycles. The predicted octanol–water partition coefficient (Wildman–Crippen LogP) is 2.59. The summed E-state index contributed by atoms with van der Waals surface area (Å²) in [6.45, 7) is 2.62. The summed E-state index contributed by atoms with van der Waals surface area (Å²) in [7, 11) is 0. The number of nitrogens with zero attached hydrogens (tertiary/aromatic N) is 3. The molecule has 0 aliphatic carbocycles. The number of aryl methyl sites for hydroxylation is 1. The summed E-state index contributed by atoms with van der Waals surface area (Å²) < 4.78 is 0. The maximum atomic E-state index is 5.72. The molecule has 5 nitrogen and oxygen atoms in total. The lowest BCUT2D eigenvalue weighted by atomic mass is 10.2. The van der Waals surface area contributed by atoms with Gasteiger partial charge in [-0.3, -0.25) is 0 Å². The summed E-state index contributed by atoms with van der Waals surface area (Å²) in [5.74, 6) is 1.02. The number of anilines is 2. The van der Waals surface area contributed by atoms with Gasteiger partial charge in [-0.15, -0.1) is 11.3 Å². The molecule has 0 saturated carbocycles. The highest BCUT2D eigenvalue weighted by molar-refractivity contribution is 7.09. The van der Waals surface area contributed by atoms with Crippen LogP contribution in [0, 0.1) is 6.92 Å². The smallest absolute Gasteiger partial charge is 0.222 e. The number of aromatic nitrogens is 3. The normalized spacial score (nSPS) is 10.8. The molecule has 19 heavy (non-hydrogen) atoms. The van der Waals surface area contributed by atoms with Gasteiger partial charge in [0.25, 0.3) is 0 Å². The number of thiazole rings is 1. The molecule has 2 aromatic heterocycles. The van der Waals surface area contributed by atoms with E-state index < -0.39 is 0 Å². The molecule has 2 heterocycles. The van der Waals surface area contributed by atoms with Crippen molar-refractivity contribution in [2.45, 2.75) is 13.5 Å². The number of nitrogen functional groups attached to an aromatic ring is 1. The van der Waals surface area contributed by atoms with Crippen LogP contribution in [0.2, 0.25) is 0 Å². The molecule has 0 aliphatic rings. The number of nitrogens with one attached hydrogen (secondary N) is 1. The molecule has 3 rings (SSSR count). The van der Waals surface area contributed by atoms with E-state index in [9.17, 15) is 0 Å². The number of fused-ring (bicyclic) bond motifs is 1. The van der Waals surface area contributed by atoms with E-state index in [0.717, 1.165) is 27.4 Å². The monoisotopic (exact) mass is 271 g/mol. The molecule has 3 aromatic rings. The van der Waals surface area contributed by atoms with Gasteiger partial charge in [0.2, 0.25) is 5.95 Å². The van der Waals surface area contributed by atoms with Crippen molar-refractivity contribution in [3.8, 4) is 0 Å². The van der Waals surface area contributed by atoms with Crippen LogP contribution >= 0.6 is 11.3 Å². The van der Waals surface area contributed by atoms with Gasteiger partial charge < -0.3 is 11.1 Å². The molecule has 96 valence electrons. The molecular weight excluding hydrogens is 258 g/mol. The van der Waals surface area contributed by atoms with Crippen molar-refractivity contribution < 1.29 is 0 Å². The van der Waals surface area contributed by atoms with Crippen molar-refractivity contribution in [1.82, 2.24) is 15.0 Å². The minimum atomic E-state index is 0.275. The van der Waals surface area contributed by atoms with Gasteiger partial charge in [-0.1, -0.05) is 12.1 Å². The SMILES string of the molecule is Cc1csc(CNc2nc(N)nc3ccccc23)n1. The van der Waals surface area contributed by atoms with Gasteiger partial charge in [-0.05, 0) is 19.1 Å². The molecule has 0 amide bonds. The Kier molecular flexibility index (Phi) is 3.00. The minimum Gasteiger partial charge on any atom is -0.368 e. The summed E-state index contributed by atoms with van der Waals surface area (Å²) in [5, 5.41) is 7.30. The number of para-hydroxylation sites is 1. The van der Waals surface area contributed by atoms with Gasteiger partial charge in [0.15, 0.2) is 0 Å². The van der Waals surface area contributed by atoms with Crippen molar-refractivity contribution in [1.29, 1.82) is 0 Å². The first-order valence-corrected chi connectivity index (χ1v) is 6.77. The van der Waals surface area contributed by atoms with Crippen LogP contribution < -0.4 is 11.1 Å². The van der Waals surface area contributed by atoms with E-state index in [1.807, 2.05) is 36.6 Å². The van der Waals surface area contributed by atoms with Crippen LogP contribution in [0.4, 0.5) is 11.8 Å². The van der Waals surface area contributed by atoms with Gasteiger partial charge >= 0.3 is 0 Å². The molecule has 3 N–H and O–H groups in total. The molecule has 0 unspecified atom stereocenters. The highest BCUT2D eigenvalue weighted by Crippen LogP contribution is 2.21. The van der Waals surface area contributed by atoms with Crippen molar-refractivity contribution in [2.24, 2.45) is 0 Å². The topological polar surface area (TPSA) is 76.7 Å². The largest absolute Gasteiger partial charge is 0.368 e. The molecule has 6 heteroatoms. The zero-order valence-electron chi connectivity index (χ0n) is 10.4. The Morgan fingerprint density at radius 1 is 1.21 bits per heavy atom. The van der Waals surface area contributed by atoms with Crippen LogP contribution in [0.1, 0.15) is 10.7 Å². The lowest BCUT2D eigenvalue weighted by molar-refractivity contribution is 1.06. The second-order valence-corrected chi connectivity index (χ2v) is 5.13. The number of hydrogen-bond acceptors (Lipinski definition) is 6. The van der Waals surface area contributed by atoms with Gasteiger partial charge in [-0.2, -0.15) is 4.98 Å². The number of nitrogens with two attached hydrogens (primary N) is 1. The van der Waals surface area contributed by atoms with E-state index in [1.165, 1.54) is 0 Å². The maximum absolute atomic E-state index is 5.72. The summed E-state index contributed by atoms with van der Waals surface area (Å²) in [4.78, 5) is 12.9. The number of benzene rings is 1. The minimum absolute atomic E-state index is 0.275. The lowest BCUT2D eigenvalue weighted by Crippen LogP contribution is -2.05. The zero-order chi connectivity index (χ0) is 13.2. The number of rotatable bonds is 3. The van der Waals surface area contributed by atoms with E-state index in [0.29, 0.717) is 6.54 Å². The van der Waals surface area contributed by atoms with Crippen LogP contribution in [-0.4, -0.2) is 15.0 Å². The second kappa shape index (κ2) is 4.81. The summed E-state index contributed by atoms with van der Waals surface area (Å²) in [6.07, 6.45) is 0. The van der Waals surface area contributed by atoms with Gasteiger partial charge in [0.1, 0.15) is 10.8 Å². The molecule has 0 fully saturated rings. The molecule has 0 spiro atoms. The van der Waals surface area contributed by atoms with Crippen molar-refractivity contribution >= 4 is 34.0 Å². The Morgan fingerprint density at radius 2 is 2.05 bits per heavy atom. The average molecular weight is 271 g/mol. The van der Waals surface area contributed by atoms with Crippen LogP contribution in [0.25, 0.3) is 10.9 Å². The molecule has 0 radical (unpaired) electrons. The third-order valence-electron chi connectivity index (χ3n) is 2.69. The standard InChI is InChI=1S/C13H13N5S/c1-8-7-19-11(16-8)6-15-12-9-4-2-3-5-10(9)17-13(14)18-12/h2-5,7H,6H2,1H3,(H3,14,15,17,18). The van der Waals surface area contributed by atoms with Gasteiger partial charge in [0.05, 0.1) is 12.1 Å². The first kappa shape index (κ1) is 11.9. The summed E-state index contributed by atoms with van der Waals surface area (Å²) >= 11 is 1.63. The van der Waals surface area contributed by atoms with Crippen molar-refractivity contribution in [2.75, 3.05) is 11.1 Å². The molecule has 0 bridgehead atoms. The van der Waals surface area contributed by atoms with E-state index in [1.54, 1.807) is 11.3 Å². The Hall–Kier alpha value is -2.21. The quantitative estimate of drug-likeness (QED) is 0.765. The zero-order valence-corrected chi connectivity index (χ0v) is 11.2. The van der Waals surface area contributed by atoms with Crippen LogP contribution in [0.5, 0.6) is 0 Å². The third-order valence-corrected chi connectivity index (χ3v) is 3.66. The fraction of sp³-hybridized carbons (Fsp3) is 0.154. The third kappa shape index (κ3) is 2.48. The summed E-state index contributed by atoms with van der Waals surface area (Å²) in [6, 6.07) is 7.79. The van der Waals surface area contributed by atoms with Crippen LogP contribution in [0.15, 0.2) is 29.6 Å². The summed E-state index contributed by atoms with van der Waals surface area (Å²) in [5.41, 5.74) is 7.60. The fourth-order valence-electron chi connectivity index (χ4n) is 1.87. The van der Waals surface area contributed by atoms with Gasteiger partial charge in [0, 0.05) is 16.5 Å². The molecule has 1 aromatic carbocycles. The Labute approximate surface area is 114 Å². The molecular formula is C13H13N5S.